The number of amides is 4. The van der Waals surface area contributed by atoms with Gasteiger partial charge in [-0.25, -0.2) is 28.3 Å². The quantitative estimate of drug-likeness (QED) is 0.475. The van der Waals surface area contributed by atoms with E-state index in [0.29, 0.717) is 12.5 Å². The number of likely N-dealkylation sites (N-methyl/N-ethyl adjacent to an activating group) is 1. The SMILES string of the molecule is CCOC(=O)NC[C@H]1CN(c2cc(F)c(N3CCN(C(=O)CN(C)C(=O)c4cn5c(n4)N=CC(C)C5)CC3)c(F)c2)C(=O)O1. The summed E-state index contributed by atoms with van der Waals surface area (Å²) < 4.78 is 42.2. The van der Waals surface area contributed by atoms with Crippen LogP contribution in [-0.4, -0.2) is 115 Å². The van der Waals surface area contributed by atoms with Crippen LogP contribution in [0, 0.1) is 17.6 Å². The molecular formula is C28H34F2N8O6. The summed E-state index contributed by atoms with van der Waals surface area (Å²) in [6.07, 6.45) is 1.24. The van der Waals surface area contributed by atoms with Gasteiger partial charge in [0.2, 0.25) is 11.9 Å². The van der Waals surface area contributed by atoms with Crippen molar-refractivity contribution in [1.82, 2.24) is 24.7 Å². The zero-order chi connectivity index (χ0) is 31.5. The van der Waals surface area contributed by atoms with Crippen molar-refractivity contribution in [2.45, 2.75) is 26.5 Å². The molecule has 3 aliphatic rings. The van der Waals surface area contributed by atoms with Gasteiger partial charge in [0.05, 0.1) is 31.9 Å². The Morgan fingerprint density at radius 2 is 1.84 bits per heavy atom. The maximum absolute atomic E-state index is 15.2. The van der Waals surface area contributed by atoms with Gasteiger partial charge in [0.15, 0.2) is 11.6 Å². The Bertz CT molecular complexity index is 1450. The highest BCUT2D eigenvalue weighted by molar-refractivity contribution is 5.95. The van der Waals surface area contributed by atoms with E-state index in [0.717, 1.165) is 17.0 Å². The van der Waals surface area contributed by atoms with Gasteiger partial charge in [-0.1, -0.05) is 6.92 Å². The fourth-order valence-corrected chi connectivity index (χ4v) is 5.28. The molecule has 0 saturated carbocycles. The molecule has 5 rings (SSSR count). The number of ether oxygens (including phenoxy) is 2. The van der Waals surface area contributed by atoms with Crippen LogP contribution in [0.15, 0.2) is 23.3 Å². The molecule has 0 aliphatic carbocycles. The van der Waals surface area contributed by atoms with Crippen LogP contribution in [0.2, 0.25) is 0 Å². The fourth-order valence-electron chi connectivity index (χ4n) is 5.28. The molecule has 2 saturated heterocycles. The number of piperazine rings is 1. The number of carbonyl (C=O) groups is 4. The summed E-state index contributed by atoms with van der Waals surface area (Å²) in [7, 11) is 1.52. The average molecular weight is 617 g/mol. The van der Waals surface area contributed by atoms with Crippen LogP contribution in [0.5, 0.6) is 0 Å². The number of halogens is 2. The average Bonchev–Trinajstić information content (AvgIpc) is 3.58. The van der Waals surface area contributed by atoms with Crippen molar-refractivity contribution < 1.29 is 37.4 Å². The molecule has 2 aromatic rings. The van der Waals surface area contributed by atoms with Crippen molar-refractivity contribution in [2.24, 2.45) is 10.9 Å². The van der Waals surface area contributed by atoms with E-state index in [1.807, 2.05) is 6.92 Å². The predicted octanol–water partition coefficient (Wildman–Crippen LogP) is 2.01. The van der Waals surface area contributed by atoms with Crippen LogP contribution < -0.4 is 15.1 Å². The third-order valence-corrected chi connectivity index (χ3v) is 7.51. The number of alkyl carbamates (subject to hydrolysis) is 1. The fraction of sp³-hybridized carbons (Fsp3) is 0.500. The minimum absolute atomic E-state index is 0.0165. The molecule has 1 N–H and O–H groups in total. The van der Waals surface area contributed by atoms with Crippen molar-refractivity contribution in [1.29, 1.82) is 0 Å². The van der Waals surface area contributed by atoms with E-state index in [4.69, 9.17) is 9.47 Å². The Morgan fingerprint density at radius 3 is 2.52 bits per heavy atom. The first-order valence-corrected chi connectivity index (χ1v) is 14.3. The summed E-state index contributed by atoms with van der Waals surface area (Å²) in [5.41, 5.74) is -0.0810. The Labute approximate surface area is 252 Å². The number of carbonyl (C=O) groups excluding carboxylic acids is 4. The lowest BCUT2D eigenvalue weighted by molar-refractivity contribution is -0.132. The number of benzene rings is 1. The highest BCUT2D eigenvalue weighted by Gasteiger charge is 2.34. The van der Waals surface area contributed by atoms with Gasteiger partial charge >= 0.3 is 12.2 Å². The van der Waals surface area contributed by atoms with E-state index in [1.54, 1.807) is 28.8 Å². The lowest BCUT2D eigenvalue weighted by Crippen LogP contribution is -2.51. The van der Waals surface area contributed by atoms with Crippen molar-refractivity contribution in [3.63, 3.8) is 0 Å². The number of aromatic nitrogens is 2. The van der Waals surface area contributed by atoms with Gasteiger partial charge in [-0.15, -0.1) is 0 Å². The molecule has 2 fully saturated rings. The number of cyclic esters (lactones) is 1. The van der Waals surface area contributed by atoms with Gasteiger partial charge in [0.25, 0.3) is 5.91 Å². The number of hydrogen-bond donors (Lipinski definition) is 1. The van der Waals surface area contributed by atoms with Crippen LogP contribution in [0.1, 0.15) is 24.3 Å². The third-order valence-electron chi connectivity index (χ3n) is 7.51. The van der Waals surface area contributed by atoms with Gasteiger partial charge in [-0.2, -0.15) is 0 Å². The summed E-state index contributed by atoms with van der Waals surface area (Å²) in [6, 6.07) is 2.11. The lowest BCUT2D eigenvalue weighted by atomic mass is 10.2. The Balaban J connectivity index is 1.14. The number of hydrogen-bond acceptors (Lipinski definition) is 9. The Hall–Kier alpha value is -4.76. The molecule has 0 radical (unpaired) electrons. The second kappa shape index (κ2) is 12.9. The van der Waals surface area contributed by atoms with E-state index < -0.39 is 35.8 Å². The normalized spacial score (nSPS) is 19.5. The van der Waals surface area contributed by atoms with Gasteiger partial charge in [-0.05, 0) is 6.92 Å². The predicted molar refractivity (Wildman–Crippen MR) is 154 cm³/mol. The Kier molecular flexibility index (Phi) is 8.96. The smallest absolute Gasteiger partial charge is 0.414 e. The molecule has 4 heterocycles. The summed E-state index contributed by atoms with van der Waals surface area (Å²) in [4.78, 5) is 63.7. The van der Waals surface area contributed by atoms with E-state index in [1.165, 1.54) is 16.8 Å². The van der Waals surface area contributed by atoms with Crippen LogP contribution in [0.25, 0.3) is 0 Å². The lowest BCUT2D eigenvalue weighted by Gasteiger charge is -2.37. The van der Waals surface area contributed by atoms with E-state index in [2.05, 4.69) is 15.3 Å². The standard InChI is InChI=1S/C28H34F2N8O6/c1-4-43-27(41)32-12-19-14-38(28(42)44-19)18-9-20(29)24(21(30)10-18)36-7-5-35(6-8-36)23(39)16-34(3)25(40)22-15-37-13-17(2)11-31-26(37)33-22/h9-11,15,17,19H,4-8,12-14,16H2,1-3H3,(H,32,41)/t17?,19-/m0/s1. The van der Waals surface area contributed by atoms with E-state index >= 15 is 8.78 Å². The molecule has 4 amide bonds. The molecule has 1 aromatic heterocycles. The minimum atomic E-state index is -0.868. The molecule has 1 aromatic carbocycles. The molecule has 44 heavy (non-hydrogen) atoms. The maximum atomic E-state index is 15.2. The summed E-state index contributed by atoms with van der Waals surface area (Å²) >= 11 is 0. The topological polar surface area (TPSA) is 142 Å². The monoisotopic (exact) mass is 616 g/mol. The highest BCUT2D eigenvalue weighted by atomic mass is 19.1. The molecule has 14 nitrogen and oxygen atoms in total. The third kappa shape index (κ3) is 6.58. The maximum Gasteiger partial charge on any atom is 0.414 e. The van der Waals surface area contributed by atoms with E-state index in [-0.39, 0.29) is 81.3 Å². The van der Waals surface area contributed by atoms with Crippen LogP contribution >= 0.6 is 0 Å². The van der Waals surface area contributed by atoms with Crippen molar-refractivity contribution >= 4 is 47.5 Å². The Morgan fingerprint density at radius 1 is 1.14 bits per heavy atom. The first kappa shape index (κ1) is 30.7. The number of anilines is 2. The zero-order valence-electron chi connectivity index (χ0n) is 24.7. The summed E-state index contributed by atoms with van der Waals surface area (Å²) in [5, 5.41) is 2.46. The van der Waals surface area contributed by atoms with Gasteiger partial charge in [0.1, 0.15) is 17.5 Å². The molecule has 236 valence electrons. The number of fused-ring (bicyclic) bond motifs is 1. The van der Waals surface area contributed by atoms with Crippen molar-refractivity contribution in [2.75, 3.05) is 69.3 Å². The highest BCUT2D eigenvalue weighted by Crippen LogP contribution is 2.31. The minimum Gasteiger partial charge on any atom is -0.450 e. The first-order chi connectivity index (χ1) is 21.0. The van der Waals surface area contributed by atoms with Crippen LogP contribution in [-0.2, 0) is 20.8 Å². The van der Waals surface area contributed by atoms with Crippen molar-refractivity contribution in [3.8, 4) is 0 Å². The molecule has 0 spiro atoms. The van der Waals surface area contributed by atoms with Gasteiger partial charge in [0, 0.05) is 70.2 Å². The molecule has 0 bridgehead atoms. The van der Waals surface area contributed by atoms with Gasteiger partial charge < -0.3 is 34.1 Å². The van der Waals surface area contributed by atoms with Crippen LogP contribution in [0.3, 0.4) is 0 Å². The van der Waals surface area contributed by atoms with Gasteiger partial charge in [-0.3, -0.25) is 14.5 Å². The number of rotatable bonds is 8. The number of nitrogens with zero attached hydrogens (tertiary/aromatic N) is 7. The molecular weight excluding hydrogens is 582 g/mol. The largest absolute Gasteiger partial charge is 0.450 e. The van der Waals surface area contributed by atoms with Crippen molar-refractivity contribution in [3.05, 3.63) is 35.7 Å². The second-order valence-electron chi connectivity index (χ2n) is 10.8. The van der Waals surface area contributed by atoms with Crippen LogP contribution in [0.4, 0.5) is 35.7 Å². The van der Waals surface area contributed by atoms with E-state index in [9.17, 15) is 19.2 Å². The molecule has 16 heteroatoms. The summed E-state index contributed by atoms with van der Waals surface area (Å²) in [6.45, 7) is 5.00. The molecule has 3 aliphatic heterocycles. The first-order valence-electron chi connectivity index (χ1n) is 14.3. The number of aliphatic imine (C=N–C) groups is 1. The molecule has 1 unspecified atom stereocenters. The zero-order valence-corrected chi connectivity index (χ0v) is 24.7. The summed E-state index contributed by atoms with van der Waals surface area (Å²) in [5.74, 6) is -1.77. The number of nitrogens with one attached hydrogen (secondary N) is 1. The second-order valence-corrected chi connectivity index (χ2v) is 10.8. The number of imidazole rings is 1. The molecule has 2 atom stereocenters.